The highest BCUT2D eigenvalue weighted by atomic mass is 32.2. The Morgan fingerprint density at radius 1 is 1.24 bits per heavy atom. The molecule has 0 amide bonds. The molecule has 0 saturated carbocycles. The van der Waals surface area contributed by atoms with Crippen LogP contribution in [0.25, 0.3) is 5.65 Å². The molecule has 0 fully saturated rings. The Hall–Kier alpha value is -2.15. The van der Waals surface area contributed by atoms with Gasteiger partial charge in [-0.05, 0) is 26.0 Å². The summed E-state index contributed by atoms with van der Waals surface area (Å²) in [6, 6.07) is 7.22. The highest BCUT2D eigenvalue weighted by Crippen LogP contribution is 2.19. The van der Waals surface area contributed by atoms with Crippen LogP contribution in [0.1, 0.15) is 17.2 Å². The zero-order valence-corrected chi connectivity index (χ0v) is 12.9. The van der Waals surface area contributed by atoms with E-state index in [4.69, 9.17) is 0 Å². The molecule has 0 N–H and O–H groups in total. The van der Waals surface area contributed by atoms with Crippen molar-refractivity contribution >= 4 is 17.4 Å². The second-order valence-corrected chi connectivity index (χ2v) is 5.77. The molecule has 108 valence electrons. The van der Waals surface area contributed by atoms with Gasteiger partial charge >= 0.3 is 0 Å². The summed E-state index contributed by atoms with van der Waals surface area (Å²) in [5.41, 5.74) is 2.25. The van der Waals surface area contributed by atoms with Crippen molar-refractivity contribution in [1.82, 2.24) is 24.1 Å². The third-order valence-electron chi connectivity index (χ3n) is 3.33. The van der Waals surface area contributed by atoms with E-state index in [1.165, 1.54) is 11.8 Å². The summed E-state index contributed by atoms with van der Waals surface area (Å²) in [6.45, 7) is 3.80. The normalized spacial score (nSPS) is 11.2. The molecule has 0 aromatic carbocycles. The van der Waals surface area contributed by atoms with Gasteiger partial charge in [-0.25, -0.2) is 4.98 Å². The lowest BCUT2D eigenvalue weighted by molar-refractivity contribution is 0.765. The standard InChI is InChI=1S/C14H15N5OS/c1-9-5-4-6-12-15-11(7-13(20)19(9)12)8-21-14-17-16-10(2)18(14)3/h4-7H,8H2,1-3H3. The van der Waals surface area contributed by atoms with Crippen LogP contribution in [0.15, 0.2) is 34.2 Å². The van der Waals surface area contributed by atoms with Crippen LogP contribution in [-0.4, -0.2) is 24.1 Å². The van der Waals surface area contributed by atoms with E-state index in [0.29, 0.717) is 11.4 Å². The van der Waals surface area contributed by atoms with Crippen molar-refractivity contribution < 1.29 is 0 Å². The molecule has 0 bridgehead atoms. The van der Waals surface area contributed by atoms with Gasteiger partial charge in [0, 0.05) is 24.6 Å². The predicted octanol–water partition coefficient (Wildman–Crippen LogP) is 1.73. The molecule has 3 aromatic heterocycles. The Balaban J connectivity index is 1.92. The monoisotopic (exact) mass is 301 g/mol. The van der Waals surface area contributed by atoms with E-state index in [9.17, 15) is 4.79 Å². The fraction of sp³-hybridized carbons (Fsp3) is 0.286. The van der Waals surface area contributed by atoms with Gasteiger partial charge in [0.1, 0.15) is 11.5 Å². The summed E-state index contributed by atoms with van der Waals surface area (Å²) in [6.07, 6.45) is 0. The first-order chi connectivity index (χ1) is 10.1. The average Bonchev–Trinajstić information content (AvgIpc) is 2.76. The van der Waals surface area contributed by atoms with E-state index < -0.39 is 0 Å². The van der Waals surface area contributed by atoms with Crippen molar-refractivity contribution in [2.24, 2.45) is 7.05 Å². The second kappa shape index (κ2) is 5.33. The maximum absolute atomic E-state index is 12.2. The number of hydrogen-bond donors (Lipinski definition) is 0. The SMILES string of the molecule is Cc1nnc(SCc2cc(=O)n3c(C)cccc3n2)n1C. The Kier molecular flexibility index (Phi) is 3.50. The quantitative estimate of drug-likeness (QED) is 0.689. The number of fused-ring (bicyclic) bond motifs is 1. The Morgan fingerprint density at radius 3 is 2.76 bits per heavy atom. The first-order valence-corrected chi connectivity index (χ1v) is 7.52. The number of thioether (sulfide) groups is 1. The molecule has 0 aliphatic carbocycles. The van der Waals surface area contributed by atoms with Crippen molar-refractivity contribution in [2.45, 2.75) is 24.8 Å². The summed E-state index contributed by atoms with van der Waals surface area (Å²) < 4.78 is 3.53. The summed E-state index contributed by atoms with van der Waals surface area (Å²) in [7, 11) is 1.92. The van der Waals surface area contributed by atoms with E-state index >= 15 is 0 Å². The summed E-state index contributed by atoms with van der Waals surface area (Å²) in [5, 5.41) is 8.93. The van der Waals surface area contributed by atoms with Gasteiger partial charge < -0.3 is 4.57 Å². The topological polar surface area (TPSA) is 65.1 Å². The van der Waals surface area contributed by atoms with Crippen molar-refractivity contribution in [3.05, 3.63) is 51.8 Å². The van der Waals surface area contributed by atoms with Crippen LogP contribution < -0.4 is 5.56 Å². The van der Waals surface area contributed by atoms with Crippen LogP contribution in [0, 0.1) is 13.8 Å². The van der Waals surface area contributed by atoms with Gasteiger partial charge in [-0.2, -0.15) is 0 Å². The minimum absolute atomic E-state index is 0.0529. The van der Waals surface area contributed by atoms with Crippen molar-refractivity contribution in [3.63, 3.8) is 0 Å². The van der Waals surface area contributed by atoms with E-state index in [0.717, 1.165) is 22.4 Å². The first-order valence-electron chi connectivity index (χ1n) is 6.53. The molecule has 0 atom stereocenters. The molecule has 0 saturated heterocycles. The second-order valence-electron chi connectivity index (χ2n) is 4.82. The third kappa shape index (κ3) is 2.56. The summed E-state index contributed by atoms with van der Waals surface area (Å²) in [5.74, 6) is 1.45. The fourth-order valence-electron chi connectivity index (χ4n) is 2.09. The van der Waals surface area contributed by atoms with Gasteiger partial charge in [0.25, 0.3) is 5.56 Å². The van der Waals surface area contributed by atoms with Crippen molar-refractivity contribution in [3.8, 4) is 0 Å². The van der Waals surface area contributed by atoms with E-state index in [-0.39, 0.29) is 5.56 Å². The molecule has 0 aliphatic rings. The molecular formula is C14H15N5OS. The summed E-state index contributed by atoms with van der Waals surface area (Å²) in [4.78, 5) is 16.7. The number of hydrogen-bond acceptors (Lipinski definition) is 5. The Morgan fingerprint density at radius 2 is 2.05 bits per heavy atom. The molecule has 3 rings (SSSR count). The van der Waals surface area contributed by atoms with Gasteiger partial charge in [0.15, 0.2) is 5.16 Å². The number of rotatable bonds is 3. The van der Waals surface area contributed by atoms with Gasteiger partial charge in [-0.15, -0.1) is 10.2 Å². The van der Waals surface area contributed by atoms with Crippen LogP contribution in [-0.2, 0) is 12.8 Å². The lowest BCUT2D eigenvalue weighted by Gasteiger charge is -2.06. The van der Waals surface area contributed by atoms with Crippen LogP contribution in [0.3, 0.4) is 0 Å². The molecule has 0 spiro atoms. The molecule has 21 heavy (non-hydrogen) atoms. The van der Waals surface area contributed by atoms with Gasteiger partial charge in [0.05, 0.1) is 5.69 Å². The summed E-state index contributed by atoms with van der Waals surface area (Å²) >= 11 is 1.52. The van der Waals surface area contributed by atoms with Gasteiger partial charge in [-0.1, -0.05) is 17.8 Å². The lowest BCUT2D eigenvalue weighted by Crippen LogP contribution is -2.17. The minimum atomic E-state index is -0.0529. The van der Waals surface area contributed by atoms with Crippen LogP contribution in [0.5, 0.6) is 0 Å². The minimum Gasteiger partial charge on any atom is -0.309 e. The highest BCUT2D eigenvalue weighted by molar-refractivity contribution is 7.98. The van der Waals surface area contributed by atoms with Crippen molar-refractivity contribution in [1.29, 1.82) is 0 Å². The maximum Gasteiger partial charge on any atom is 0.258 e. The molecule has 3 heterocycles. The molecule has 0 unspecified atom stereocenters. The van der Waals surface area contributed by atoms with Crippen LogP contribution in [0.4, 0.5) is 0 Å². The number of aryl methyl sites for hydroxylation is 2. The van der Waals surface area contributed by atoms with Crippen molar-refractivity contribution in [2.75, 3.05) is 0 Å². The molecule has 6 nitrogen and oxygen atoms in total. The molecule has 0 radical (unpaired) electrons. The molecule has 3 aromatic rings. The van der Waals surface area contributed by atoms with E-state index in [2.05, 4.69) is 15.2 Å². The fourth-order valence-corrected chi connectivity index (χ4v) is 2.94. The average molecular weight is 301 g/mol. The first kappa shape index (κ1) is 13.8. The predicted molar refractivity (Wildman–Crippen MR) is 81.5 cm³/mol. The zero-order chi connectivity index (χ0) is 15.0. The smallest absolute Gasteiger partial charge is 0.258 e. The van der Waals surface area contributed by atoms with E-state index in [1.807, 2.05) is 43.7 Å². The largest absolute Gasteiger partial charge is 0.309 e. The van der Waals surface area contributed by atoms with Gasteiger partial charge in [0.2, 0.25) is 0 Å². The Labute approximate surface area is 125 Å². The zero-order valence-electron chi connectivity index (χ0n) is 12.1. The Bertz CT molecular complexity index is 867. The maximum atomic E-state index is 12.2. The van der Waals surface area contributed by atoms with Crippen LogP contribution in [0.2, 0.25) is 0 Å². The molecular weight excluding hydrogens is 286 g/mol. The van der Waals surface area contributed by atoms with Gasteiger partial charge in [-0.3, -0.25) is 9.20 Å². The number of nitrogens with zero attached hydrogens (tertiary/aromatic N) is 5. The lowest BCUT2D eigenvalue weighted by atomic mass is 10.3. The molecule has 7 heteroatoms. The molecule has 0 aliphatic heterocycles. The third-order valence-corrected chi connectivity index (χ3v) is 4.39. The van der Waals surface area contributed by atoms with Crippen LogP contribution >= 0.6 is 11.8 Å². The highest BCUT2D eigenvalue weighted by Gasteiger charge is 2.08. The number of pyridine rings is 1. The van der Waals surface area contributed by atoms with E-state index in [1.54, 1.807) is 10.5 Å². The number of aromatic nitrogens is 5.